The fraction of sp³-hybridized carbons (Fsp3) is 0.435. The number of nitrogens with zero attached hydrogens (tertiary/aromatic N) is 1. The third kappa shape index (κ3) is 6.61. The van der Waals surface area contributed by atoms with Crippen molar-refractivity contribution in [3.8, 4) is 5.75 Å². The third-order valence-corrected chi connectivity index (χ3v) is 6.83. The minimum absolute atomic E-state index is 0.113. The molecule has 1 amide bonds. The van der Waals surface area contributed by atoms with Gasteiger partial charge in [-0.05, 0) is 61.6 Å². The van der Waals surface area contributed by atoms with Gasteiger partial charge in [-0.15, -0.1) is 0 Å². The van der Waals surface area contributed by atoms with Gasteiger partial charge in [0.2, 0.25) is 15.9 Å². The fourth-order valence-electron chi connectivity index (χ4n) is 3.52. The second-order valence-electron chi connectivity index (χ2n) is 7.58. The van der Waals surface area contributed by atoms with Crippen molar-refractivity contribution in [2.24, 2.45) is 0 Å². The minimum atomic E-state index is -3.51. The Morgan fingerprint density at radius 2 is 1.94 bits per heavy atom. The second-order valence-corrected chi connectivity index (χ2v) is 9.89. The Morgan fingerprint density at radius 3 is 2.52 bits per heavy atom. The van der Waals surface area contributed by atoms with E-state index in [1.165, 1.54) is 4.31 Å². The maximum Gasteiger partial charge on any atom is 0.232 e. The number of carbonyl (C=O) groups excluding carboxylic acids is 1. The smallest absolute Gasteiger partial charge is 0.232 e. The Labute approximate surface area is 190 Å². The predicted molar refractivity (Wildman–Crippen MR) is 127 cm³/mol. The van der Waals surface area contributed by atoms with E-state index in [9.17, 15) is 13.2 Å². The molecule has 0 aromatic heterocycles. The SMILES string of the molecule is CCC(NC(=O)CCCN(c1cccc(Cl)c1C)S(C)(=O)=O)c1ccc(OC)c(C)c1. The summed E-state index contributed by atoms with van der Waals surface area (Å²) in [6.45, 7) is 5.96. The number of carbonyl (C=O) groups is 1. The van der Waals surface area contributed by atoms with Crippen LogP contribution in [-0.2, 0) is 14.8 Å². The Hall–Kier alpha value is -2.25. The van der Waals surface area contributed by atoms with Crippen molar-refractivity contribution in [1.29, 1.82) is 0 Å². The molecule has 2 rings (SSSR count). The topological polar surface area (TPSA) is 75.7 Å². The number of rotatable bonds is 10. The van der Waals surface area contributed by atoms with E-state index in [2.05, 4.69) is 5.32 Å². The van der Waals surface area contributed by atoms with Gasteiger partial charge in [0.1, 0.15) is 5.75 Å². The molecule has 0 heterocycles. The molecule has 2 aromatic rings. The van der Waals surface area contributed by atoms with Crippen LogP contribution in [0.2, 0.25) is 5.02 Å². The summed E-state index contributed by atoms with van der Waals surface area (Å²) in [4.78, 5) is 12.6. The zero-order chi connectivity index (χ0) is 23.2. The molecular weight excluding hydrogens is 436 g/mol. The lowest BCUT2D eigenvalue weighted by atomic mass is 10.0. The minimum Gasteiger partial charge on any atom is -0.496 e. The van der Waals surface area contributed by atoms with Crippen LogP contribution in [0.5, 0.6) is 5.75 Å². The number of methoxy groups -OCH3 is 1. The lowest BCUT2D eigenvalue weighted by Crippen LogP contribution is -2.33. The molecule has 8 heteroatoms. The van der Waals surface area contributed by atoms with Crippen LogP contribution in [-0.4, -0.2) is 34.2 Å². The van der Waals surface area contributed by atoms with Crippen LogP contribution < -0.4 is 14.4 Å². The average Bonchev–Trinajstić information content (AvgIpc) is 2.71. The first-order valence-electron chi connectivity index (χ1n) is 10.2. The molecule has 0 bridgehead atoms. The molecule has 0 spiro atoms. The quantitative estimate of drug-likeness (QED) is 0.546. The van der Waals surface area contributed by atoms with Crippen LogP contribution in [0.4, 0.5) is 5.69 Å². The number of hydrogen-bond donors (Lipinski definition) is 1. The molecular formula is C23H31ClN2O4S. The van der Waals surface area contributed by atoms with E-state index in [1.807, 2.05) is 32.0 Å². The summed E-state index contributed by atoms with van der Waals surface area (Å²) < 4.78 is 31.3. The summed E-state index contributed by atoms with van der Waals surface area (Å²) in [6.07, 6.45) is 2.52. The number of hydrogen-bond acceptors (Lipinski definition) is 4. The fourth-order valence-corrected chi connectivity index (χ4v) is 4.71. The number of amides is 1. The van der Waals surface area contributed by atoms with Gasteiger partial charge in [-0.25, -0.2) is 8.42 Å². The van der Waals surface area contributed by atoms with Crippen molar-refractivity contribution < 1.29 is 17.9 Å². The highest BCUT2D eigenvalue weighted by Crippen LogP contribution is 2.28. The maximum atomic E-state index is 12.6. The lowest BCUT2D eigenvalue weighted by Gasteiger charge is -2.25. The van der Waals surface area contributed by atoms with Crippen molar-refractivity contribution in [1.82, 2.24) is 5.32 Å². The van der Waals surface area contributed by atoms with Crippen molar-refractivity contribution in [3.05, 3.63) is 58.1 Å². The highest BCUT2D eigenvalue weighted by atomic mass is 35.5. The second kappa shape index (κ2) is 10.9. The van der Waals surface area contributed by atoms with E-state index in [0.29, 0.717) is 22.7 Å². The highest BCUT2D eigenvalue weighted by molar-refractivity contribution is 7.92. The first-order chi connectivity index (χ1) is 14.6. The predicted octanol–water partition coefficient (Wildman–Crippen LogP) is 4.78. The molecule has 0 saturated heterocycles. The van der Waals surface area contributed by atoms with Gasteiger partial charge >= 0.3 is 0 Å². The van der Waals surface area contributed by atoms with Gasteiger partial charge in [0.05, 0.1) is 25.1 Å². The first kappa shape index (κ1) is 25.0. The summed E-state index contributed by atoms with van der Waals surface area (Å²) in [5.41, 5.74) is 3.25. The number of benzene rings is 2. The molecule has 6 nitrogen and oxygen atoms in total. The Bertz CT molecular complexity index is 1020. The van der Waals surface area contributed by atoms with Crippen LogP contribution in [0.15, 0.2) is 36.4 Å². The number of nitrogens with one attached hydrogen (secondary N) is 1. The van der Waals surface area contributed by atoms with Gasteiger partial charge in [0.15, 0.2) is 0 Å². The van der Waals surface area contributed by atoms with Gasteiger partial charge in [-0.3, -0.25) is 9.10 Å². The molecule has 0 aliphatic rings. The van der Waals surface area contributed by atoms with Crippen LogP contribution in [0, 0.1) is 13.8 Å². The Morgan fingerprint density at radius 1 is 1.23 bits per heavy atom. The van der Waals surface area contributed by atoms with Gasteiger partial charge in [-0.1, -0.05) is 36.7 Å². The molecule has 0 saturated carbocycles. The number of halogens is 1. The molecule has 31 heavy (non-hydrogen) atoms. The largest absolute Gasteiger partial charge is 0.496 e. The summed E-state index contributed by atoms with van der Waals surface area (Å²) in [5.74, 6) is 0.693. The van der Waals surface area contributed by atoms with Crippen molar-refractivity contribution in [2.45, 2.75) is 46.1 Å². The van der Waals surface area contributed by atoms with Crippen molar-refractivity contribution in [3.63, 3.8) is 0 Å². The van der Waals surface area contributed by atoms with E-state index in [-0.39, 0.29) is 24.9 Å². The van der Waals surface area contributed by atoms with Crippen LogP contribution in [0.1, 0.15) is 48.9 Å². The van der Waals surface area contributed by atoms with Crippen LogP contribution >= 0.6 is 11.6 Å². The van der Waals surface area contributed by atoms with E-state index in [0.717, 1.165) is 29.6 Å². The third-order valence-electron chi connectivity index (χ3n) is 5.24. The normalized spacial score (nSPS) is 12.3. The molecule has 170 valence electrons. The average molecular weight is 467 g/mol. The van der Waals surface area contributed by atoms with Crippen molar-refractivity contribution in [2.75, 3.05) is 24.2 Å². The summed E-state index contributed by atoms with van der Waals surface area (Å²) >= 11 is 6.16. The van der Waals surface area contributed by atoms with Gasteiger partial charge in [0.25, 0.3) is 0 Å². The van der Waals surface area contributed by atoms with Gasteiger partial charge < -0.3 is 10.1 Å². The number of anilines is 1. The van der Waals surface area contributed by atoms with E-state index >= 15 is 0 Å². The van der Waals surface area contributed by atoms with Gasteiger partial charge in [-0.2, -0.15) is 0 Å². The maximum absolute atomic E-state index is 12.6. The zero-order valence-electron chi connectivity index (χ0n) is 18.7. The number of sulfonamides is 1. The van der Waals surface area contributed by atoms with Gasteiger partial charge in [0, 0.05) is 18.0 Å². The van der Waals surface area contributed by atoms with Crippen molar-refractivity contribution >= 4 is 33.2 Å². The highest BCUT2D eigenvalue weighted by Gasteiger charge is 2.21. The molecule has 0 aliphatic heterocycles. The Kier molecular flexibility index (Phi) is 8.77. The molecule has 0 radical (unpaired) electrons. The summed E-state index contributed by atoms with van der Waals surface area (Å²) in [7, 11) is -1.88. The number of ether oxygens (including phenoxy) is 1. The molecule has 0 aliphatic carbocycles. The summed E-state index contributed by atoms with van der Waals surface area (Å²) in [5, 5.41) is 3.56. The molecule has 0 fully saturated rings. The van der Waals surface area contributed by atoms with Crippen LogP contribution in [0.3, 0.4) is 0 Å². The van der Waals surface area contributed by atoms with E-state index in [1.54, 1.807) is 32.2 Å². The summed E-state index contributed by atoms with van der Waals surface area (Å²) in [6, 6.07) is 10.9. The molecule has 1 N–H and O–H groups in total. The Balaban J connectivity index is 2.03. The zero-order valence-corrected chi connectivity index (χ0v) is 20.3. The van der Waals surface area contributed by atoms with E-state index < -0.39 is 10.0 Å². The molecule has 1 atom stereocenters. The molecule has 1 unspecified atom stereocenters. The number of aryl methyl sites for hydroxylation is 1. The monoisotopic (exact) mass is 466 g/mol. The standard InChI is InChI=1S/C23H31ClN2O4S/c1-6-20(18-12-13-22(30-4)16(2)15-18)25-23(27)11-8-14-26(31(5,28)29)21-10-7-9-19(24)17(21)3/h7,9-10,12-13,15,20H,6,8,11,14H2,1-5H3,(H,25,27). The first-order valence-corrected chi connectivity index (χ1v) is 12.5. The van der Waals surface area contributed by atoms with Crippen LogP contribution in [0.25, 0.3) is 0 Å². The van der Waals surface area contributed by atoms with E-state index in [4.69, 9.17) is 16.3 Å². The lowest BCUT2D eigenvalue weighted by molar-refractivity contribution is -0.121. The molecule has 2 aromatic carbocycles.